The third-order valence-electron chi connectivity index (χ3n) is 3.37. The Hall–Kier alpha value is -0.790. The molecular formula is C13H22N2OP+. The summed E-state index contributed by atoms with van der Waals surface area (Å²) >= 11 is 0. The molecule has 0 atom stereocenters. The lowest BCUT2D eigenvalue weighted by atomic mass is 10.3. The molecule has 1 aromatic heterocycles. The lowest BCUT2D eigenvalue weighted by molar-refractivity contribution is -0.109. The lowest BCUT2D eigenvalue weighted by Gasteiger charge is -2.21. The van der Waals surface area contributed by atoms with Gasteiger partial charge in [-0.25, -0.2) is 0 Å². The highest BCUT2D eigenvalue weighted by atomic mass is 31.2. The molecule has 0 saturated carbocycles. The minimum atomic E-state index is -1.43. The van der Waals surface area contributed by atoms with Crippen molar-refractivity contribution in [2.45, 2.75) is 27.3 Å². The lowest BCUT2D eigenvalue weighted by Crippen LogP contribution is -2.23. The molecule has 1 aromatic rings. The molecule has 0 bridgehead atoms. The van der Waals surface area contributed by atoms with E-state index in [0.717, 1.165) is 25.2 Å². The largest absolute Gasteiger partial charge is 0.281 e. The Morgan fingerprint density at radius 3 is 2.35 bits per heavy atom. The smallest absolute Gasteiger partial charge is 0.266 e. The Bertz CT molecular complexity index is 350. The van der Waals surface area contributed by atoms with Crippen LogP contribution in [0.2, 0.25) is 0 Å². The van der Waals surface area contributed by atoms with Gasteiger partial charge in [-0.3, -0.25) is 15.1 Å². The maximum absolute atomic E-state index is 11.8. The van der Waals surface area contributed by atoms with E-state index in [4.69, 9.17) is 0 Å². The van der Waals surface area contributed by atoms with Gasteiger partial charge in [-0.05, 0) is 31.5 Å². The van der Waals surface area contributed by atoms with Crippen LogP contribution in [0.4, 0.5) is 0 Å². The maximum Gasteiger partial charge on any atom is 0.266 e. The van der Waals surface area contributed by atoms with E-state index in [-0.39, 0.29) is 0 Å². The molecule has 0 aliphatic rings. The van der Waals surface area contributed by atoms with Crippen molar-refractivity contribution in [1.82, 2.24) is 10.3 Å². The van der Waals surface area contributed by atoms with Crippen LogP contribution in [-0.4, -0.2) is 29.1 Å². The minimum absolute atomic E-state index is 0.393. The molecule has 1 heterocycles. The summed E-state index contributed by atoms with van der Waals surface area (Å²) in [5, 5.41) is 3.43. The molecule has 0 unspecified atom stereocenters. The van der Waals surface area contributed by atoms with Crippen LogP contribution in [0.5, 0.6) is 0 Å². The first kappa shape index (κ1) is 14.3. The molecule has 0 aliphatic heterocycles. The van der Waals surface area contributed by atoms with E-state index < -0.39 is 7.26 Å². The second-order valence-electron chi connectivity index (χ2n) is 4.24. The molecule has 0 aromatic carbocycles. The molecule has 1 rings (SSSR count). The van der Waals surface area contributed by atoms with Crippen LogP contribution in [0.15, 0.2) is 24.5 Å². The zero-order valence-electron chi connectivity index (χ0n) is 10.9. The third-order valence-corrected chi connectivity index (χ3v) is 7.96. The summed E-state index contributed by atoms with van der Waals surface area (Å²) in [5.74, 6) is 0. The topological polar surface area (TPSA) is 42.0 Å². The third kappa shape index (κ3) is 3.86. The Morgan fingerprint density at radius 1 is 1.29 bits per heavy atom. The molecule has 94 valence electrons. The molecule has 0 spiro atoms. The molecular weight excluding hydrogens is 231 g/mol. The Morgan fingerprint density at radius 2 is 1.88 bits per heavy atom. The zero-order valence-corrected chi connectivity index (χ0v) is 11.8. The van der Waals surface area contributed by atoms with Crippen molar-refractivity contribution < 1.29 is 4.79 Å². The predicted octanol–water partition coefficient (Wildman–Crippen LogP) is 2.73. The number of carbonyl (C=O) groups excluding carboxylic acids is 1. The zero-order chi connectivity index (χ0) is 12.7. The summed E-state index contributed by atoms with van der Waals surface area (Å²) in [7, 11) is -1.43. The average molecular weight is 253 g/mol. The SMILES string of the molecule is CC[P+](CC)(CNCc1ccncc1)C(C)=O. The molecule has 4 heteroatoms. The highest BCUT2D eigenvalue weighted by Crippen LogP contribution is 2.57. The van der Waals surface area contributed by atoms with E-state index in [1.807, 2.05) is 12.1 Å². The second kappa shape index (κ2) is 6.83. The van der Waals surface area contributed by atoms with Crippen LogP contribution in [-0.2, 0) is 11.3 Å². The van der Waals surface area contributed by atoms with Crippen molar-refractivity contribution in [3.8, 4) is 0 Å². The van der Waals surface area contributed by atoms with Gasteiger partial charge in [-0.2, -0.15) is 0 Å². The van der Waals surface area contributed by atoms with Crippen molar-refractivity contribution in [3.05, 3.63) is 30.1 Å². The first-order chi connectivity index (χ1) is 8.14. The first-order valence-electron chi connectivity index (χ1n) is 6.11. The monoisotopic (exact) mass is 253 g/mol. The predicted molar refractivity (Wildman–Crippen MR) is 74.6 cm³/mol. The summed E-state index contributed by atoms with van der Waals surface area (Å²) in [6.07, 6.45) is 6.45. The van der Waals surface area contributed by atoms with Gasteiger partial charge in [0.05, 0.1) is 19.6 Å². The number of hydrogen-bond donors (Lipinski definition) is 1. The number of rotatable bonds is 7. The van der Waals surface area contributed by atoms with Gasteiger partial charge in [-0.1, -0.05) is 0 Å². The summed E-state index contributed by atoms with van der Waals surface area (Å²) in [6.45, 7) is 6.83. The number of carbonyl (C=O) groups is 1. The molecule has 0 fully saturated rings. The van der Waals surface area contributed by atoms with Gasteiger partial charge in [0.15, 0.2) is 0 Å². The number of hydrogen-bond acceptors (Lipinski definition) is 3. The molecule has 0 aliphatic carbocycles. The highest BCUT2D eigenvalue weighted by Gasteiger charge is 2.38. The standard InChI is InChI=1S/C13H22N2OP/c1-4-17(5-2,12(3)16)11-15-10-13-6-8-14-9-7-13/h6-9,15H,4-5,10-11H2,1-3H3/q+1. The van der Waals surface area contributed by atoms with Crippen molar-refractivity contribution in [2.75, 3.05) is 18.6 Å². The highest BCUT2D eigenvalue weighted by molar-refractivity contribution is 7.90. The number of aromatic nitrogens is 1. The molecule has 0 saturated heterocycles. The van der Waals surface area contributed by atoms with Crippen molar-refractivity contribution >= 4 is 12.8 Å². The quantitative estimate of drug-likeness (QED) is 0.760. The molecule has 1 N–H and O–H groups in total. The fourth-order valence-corrected chi connectivity index (χ4v) is 4.47. The Balaban J connectivity index is 2.51. The average Bonchev–Trinajstić information content (AvgIpc) is 2.36. The number of pyridine rings is 1. The molecule has 0 radical (unpaired) electrons. The first-order valence-corrected chi connectivity index (χ1v) is 8.46. The van der Waals surface area contributed by atoms with Crippen molar-refractivity contribution in [2.24, 2.45) is 0 Å². The second-order valence-corrected chi connectivity index (χ2v) is 8.74. The summed E-state index contributed by atoms with van der Waals surface area (Å²) in [5.41, 5.74) is 1.61. The fraction of sp³-hybridized carbons (Fsp3) is 0.538. The normalized spacial score (nSPS) is 11.5. The van der Waals surface area contributed by atoms with E-state index in [2.05, 4.69) is 24.1 Å². The molecule has 3 nitrogen and oxygen atoms in total. The number of nitrogens with zero attached hydrogens (tertiary/aromatic N) is 1. The van der Waals surface area contributed by atoms with Gasteiger partial charge in [0.1, 0.15) is 6.29 Å². The van der Waals surface area contributed by atoms with Gasteiger partial charge in [-0.15, -0.1) is 0 Å². The fourth-order valence-electron chi connectivity index (χ4n) is 1.92. The van der Waals surface area contributed by atoms with Crippen LogP contribution < -0.4 is 5.32 Å². The van der Waals surface area contributed by atoms with Crippen LogP contribution in [0, 0.1) is 0 Å². The van der Waals surface area contributed by atoms with Crippen molar-refractivity contribution in [3.63, 3.8) is 0 Å². The Labute approximate surface area is 104 Å². The molecule has 0 amide bonds. The number of nitrogens with one attached hydrogen (secondary N) is 1. The van der Waals surface area contributed by atoms with Gasteiger partial charge < -0.3 is 0 Å². The van der Waals surface area contributed by atoms with Crippen LogP contribution in [0.25, 0.3) is 0 Å². The van der Waals surface area contributed by atoms with Crippen LogP contribution in [0.3, 0.4) is 0 Å². The summed E-state index contributed by atoms with van der Waals surface area (Å²) in [4.78, 5) is 15.8. The van der Waals surface area contributed by atoms with E-state index in [1.54, 1.807) is 19.3 Å². The van der Waals surface area contributed by atoms with E-state index in [0.29, 0.717) is 5.52 Å². The van der Waals surface area contributed by atoms with E-state index >= 15 is 0 Å². The molecule has 17 heavy (non-hydrogen) atoms. The summed E-state index contributed by atoms with van der Waals surface area (Å²) in [6, 6.07) is 4.00. The van der Waals surface area contributed by atoms with Crippen molar-refractivity contribution in [1.29, 1.82) is 0 Å². The maximum atomic E-state index is 11.8. The van der Waals surface area contributed by atoms with Crippen LogP contribution in [0.1, 0.15) is 26.3 Å². The van der Waals surface area contributed by atoms with Gasteiger partial charge >= 0.3 is 0 Å². The van der Waals surface area contributed by atoms with Gasteiger partial charge in [0.2, 0.25) is 0 Å². The van der Waals surface area contributed by atoms with E-state index in [9.17, 15) is 4.79 Å². The minimum Gasteiger partial charge on any atom is -0.281 e. The van der Waals surface area contributed by atoms with E-state index in [1.165, 1.54) is 5.56 Å². The Kier molecular flexibility index (Phi) is 5.73. The van der Waals surface area contributed by atoms with Gasteiger partial charge in [0, 0.05) is 25.9 Å². The van der Waals surface area contributed by atoms with Gasteiger partial charge in [0.25, 0.3) is 5.52 Å². The van der Waals surface area contributed by atoms with Crippen LogP contribution >= 0.6 is 7.26 Å². The summed E-state index contributed by atoms with van der Waals surface area (Å²) < 4.78 is 0.